The molecule has 0 saturated carbocycles. The van der Waals surface area contributed by atoms with Gasteiger partial charge in [-0.3, -0.25) is 0 Å². The molecule has 106 valence electrons. The molecule has 0 amide bonds. The second-order valence-electron chi connectivity index (χ2n) is 4.00. The molecule has 4 nitrogen and oxygen atoms in total. The summed E-state index contributed by atoms with van der Waals surface area (Å²) in [5.41, 5.74) is 4.56. The molecule has 0 radical (unpaired) electrons. The number of alkyl halides is 3. The van der Waals surface area contributed by atoms with E-state index in [1.807, 2.05) is 0 Å². The Balaban J connectivity index is 3.15. The van der Waals surface area contributed by atoms with Crippen molar-refractivity contribution in [3.8, 4) is 0 Å². The van der Waals surface area contributed by atoms with Gasteiger partial charge in [0, 0.05) is 14.1 Å². The third-order valence-electron chi connectivity index (χ3n) is 2.30. The van der Waals surface area contributed by atoms with Gasteiger partial charge in [-0.15, -0.1) is 0 Å². The predicted molar refractivity (Wildman–Crippen MR) is 64.6 cm³/mol. The molecule has 1 aromatic rings. The average Bonchev–Trinajstić information content (AvgIpc) is 2.27. The Hall–Kier alpha value is -1.70. The highest BCUT2D eigenvalue weighted by atomic mass is 32.2. The first kappa shape index (κ1) is 15.4. The van der Waals surface area contributed by atoms with Crippen LogP contribution in [-0.2, 0) is 16.0 Å². The largest absolute Gasteiger partial charge is 0.416 e. The van der Waals surface area contributed by atoms with E-state index in [9.17, 15) is 21.6 Å². The summed E-state index contributed by atoms with van der Waals surface area (Å²) in [5.74, 6) is -0.0140. The summed E-state index contributed by atoms with van der Waals surface area (Å²) >= 11 is 0. The van der Waals surface area contributed by atoms with E-state index in [0.717, 1.165) is 17.5 Å². The van der Waals surface area contributed by atoms with Crippen LogP contribution in [0.25, 0.3) is 0 Å². The molecule has 8 heteroatoms. The van der Waals surface area contributed by atoms with Gasteiger partial charge in [0.25, 0.3) is 0 Å². The van der Waals surface area contributed by atoms with E-state index in [1.165, 1.54) is 4.90 Å². The van der Waals surface area contributed by atoms with Gasteiger partial charge in [0.05, 0.1) is 15.9 Å². The van der Waals surface area contributed by atoms with E-state index in [1.54, 1.807) is 14.1 Å². The van der Waals surface area contributed by atoms with E-state index in [4.69, 9.17) is 5.73 Å². The Kier molecular flexibility index (Phi) is 4.14. The van der Waals surface area contributed by atoms with Crippen molar-refractivity contribution in [2.24, 2.45) is 5.73 Å². The van der Waals surface area contributed by atoms with Gasteiger partial charge >= 0.3 is 6.18 Å². The first-order chi connectivity index (χ1) is 8.54. The Bertz CT molecular complexity index is 575. The van der Waals surface area contributed by atoms with Gasteiger partial charge in [0.2, 0.25) is 9.84 Å². The average molecular weight is 294 g/mol. The fraction of sp³-hybridized carbons (Fsp3) is 0.273. The molecule has 1 rings (SSSR count). The van der Waals surface area contributed by atoms with Gasteiger partial charge in [-0.25, -0.2) is 8.42 Å². The second-order valence-corrected chi connectivity index (χ2v) is 5.80. The molecule has 0 spiro atoms. The van der Waals surface area contributed by atoms with Gasteiger partial charge in [0.1, 0.15) is 5.82 Å². The van der Waals surface area contributed by atoms with Crippen molar-refractivity contribution in [3.63, 3.8) is 0 Å². The molecule has 0 saturated heterocycles. The minimum absolute atomic E-state index is 0.0140. The Labute approximate surface area is 109 Å². The summed E-state index contributed by atoms with van der Waals surface area (Å²) in [5, 5.41) is 0.801. The number of hydrogen-bond donors (Lipinski definition) is 1. The molecule has 2 N–H and O–H groups in total. The number of sulfone groups is 1. The molecule has 0 aliphatic heterocycles. The molecule has 0 unspecified atom stereocenters. The SMILES string of the molecule is CN(C)C(N)=CS(=O)(=O)c1ccc(C(F)(F)F)cc1. The first-order valence-electron chi connectivity index (χ1n) is 5.11. The Morgan fingerprint density at radius 3 is 2.05 bits per heavy atom. The topological polar surface area (TPSA) is 63.4 Å². The standard InChI is InChI=1S/C11H13F3N2O2S/c1-16(2)10(15)7-19(17,18)9-5-3-8(4-6-9)11(12,13)14/h3-7H,15H2,1-2H3. The molecule has 0 atom stereocenters. The third-order valence-corrected chi connectivity index (χ3v) is 3.78. The lowest BCUT2D eigenvalue weighted by molar-refractivity contribution is -0.137. The van der Waals surface area contributed by atoms with E-state index >= 15 is 0 Å². The lowest BCUT2D eigenvalue weighted by Gasteiger charge is -2.12. The minimum atomic E-state index is -4.50. The molecular weight excluding hydrogens is 281 g/mol. The van der Waals surface area contributed by atoms with Crippen LogP contribution in [0.2, 0.25) is 0 Å². The summed E-state index contributed by atoms with van der Waals surface area (Å²) in [6.45, 7) is 0. The maximum atomic E-state index is 12.3. The highest BCUT2D eigenvalue weighted by Gasteiger charge is 2.30. The van der Waals surface area contributed by atoms with Crippen LogP contribution in [0.15, 0.2) is 40.4 Å². The van der Waals surface area contributed by atoms with Crippen molar-refractivity contribution >= 4 is 9.84 Å². The normalized spacial score (nSPS) is 13.4. The quantitative estimate of drug-likeness (QED) is 0.923. The second kappa shape index (κ2) is 5.12. The zero-order valence-corrected chi connectivity index (χ0v) is 11.1. The van der Waals surface area contributed by atoms with Gasteiger partial charge in [-0.05, 0) is 24.3 Å². The smallest absolute Gasteiger partial charge is 0.385 e. The Morgan fingerprint density at radius 1 is 1.21 bits per heavy atom. The summed E-state index contributed by atoms with van der Waals surface area (Å²) in [7, 11) is -0.763. The van der Waals surface area contributed by atoms with Crippen molar-refractivity contribution in [3.05, 3.63) is 41.1 Å². The van der Waals surface area contributed by atoms with Crippen LogP contribution in [0.5, 0.6) is 0 Å². The zero-order valence-electron chi connectivity index (χ0n) is 10.3. The van der Waals surface area contributed by atoms with Crippen LogP contribution < -0.4 is 5.73 Å². The van der Waals surface area contributed by atoms with E-state index in [0.29, 0.717) is 12.1 Å². The number of halogens is 3. The molecule has 0 fully saturated rings. The van der Waals surface area contributed by atoms with Gasteiger partial charge in [-0.1, -0.05) is 0 Å². The third kappa shape index (κ3) is 3.88. The van der Waals surface area contributed by atoms with E-state index < -0.39 is 21.6 Å². The van der Waals surface area contributed by atoms with Gasteiger partial charge < -0.3 is 10.6 Å². The fourth-order valence-electron chi connectivity index (χ4n) is 1.17. The lowest BCUT2D eigenvalue weighted by Crippen LogP contribution is -2.19. The van der Waals surface area contributed by atoms with Crippen LogP contribution in [0, 0.1) is 0 Å². The van der Waals surface area contributed by atoms with E-state index in [2.05, 4.69) is 0 Å². The maximum Gasteiger partial charge on any atom is 0.416 e. The number of rotatable bonds is 3. The van der Waals surface area contributed by atoms with E-state index in [-0.39, 0.29) is 10.7 Å². The first-order valence-corrected chi connectivity index (χ1v) is 6.65. The zero-order chi connectivity index (χ0) is 14.8. The van der Waals surface area contributed by atoms with Crippen LogP contribution in [0.3, 0.4) is 0 Å². The van der Waals surface area contributed by atoms with Gasteiger partial charge in [0.15, 0.2) is 0 Å². The molecule has 19 heavy (non-hydrogen) atoms. The Morgan fingerprint density at radius 2 is 1.68 bits per heavy atom. The number of benzene rings is 1. The fourth-order valence-corrected chi connectivity index (χ4v) is 2.35. The van der Waals surface area contributed by atoms with Crippen molar-refractivity contribution in [2.45, 2.75) is 11.1 Å². The predicted octanol–water partition coefficient (Wildman–Crippen LogP) is 1.80. The summed E-state index contributed by atoms with van der Waals surface area (Å²) in [6.07, 6.45) is -4.50. The molecule has 1 aromatic carbocycles. The van der Waals surface area contributed by atoms with Crippen molar-refractivity contribution in [1.82, 2.24) is 4.90 Å². The molecular formula is C11H13F3N2O2S. The number of hydrogen-bond acceptors (Lipinski definition) is 4. The molecule has 0 bridgehead atoms. The molecule has 0 aromatic heterocycles. The van der Waals surface area contributed by atoms with Crippen LogP contribution in [0.1, 0.15) is 5.56 Å². The monoisotopic (exact) mass is 294 g/mol. The van der Waals surface area contributed by atoms with Crippen LogP contribution in [-0.4, -0.2) is 27.4 Å². The highest BCUT2D eigenvalue weighted by molar-refractivity contribution is 7.94. The minimum Gasteiger partial charge on any atom is -0.385 e. The van der Waals surface area contributed by atoms with Crippen molar-refractivity contribution in [2.75, 3.05) is 14.1 Å². The molecule has 0 aliphatic carbocycles. The summed E-state index contributed by atoms with van der Waals surface area (Å²) in [6, 6.07) is 3.23. The highest BCUT2D eigenvalue weighted by Crippen LogP contribution is 2.29. The number of nitrogens with two attached hydrogens (primary N) is 1. The molecule has 0 heterocycles. The lowest BCUT2D eigenvalue weighted by atomic mass is 10.2. The van der Waals surface area contributed by atoms with Crippen molar-refractivity contribution in [1.29, 1.82) is 0 Å². The molecule has 0 aliphatic rings. The van der Waals surface area contributed by atoms with Gasteiger partial charge in [-0.2, -0.15) is 13.2 Å². The van der Waals surface area contributed by atoms with Crippen LogP contribution >= 0.6 is 0 Å². The summed E-state index contributed by atoms with van der Waals surface area (Å²) in [4.78, 5) is 1.13. The summed E-state index contributed by atoms with van der Waals surface area (Å²) < 4.78 is 60.7. The maximum absolute atomic E-state index is 12.3. The van der Waals surface area contributed by atoms with Crippen molar-refractivity contribution < 1.29 is 21.6 Å². The van der Waals surface area contributed by atoms with Crippen LogP contribution in [0.4, 0.5) is 13.2 Å². The number of nitrogens with zero attached hydrogens (tertiary/aromatic N) is 1.